The van der Waals surface area contributed by atoms with Crippen molar-refractivity contribution in [3.63, 3.8) is 0 Å². The van der Waals surface area contributed by atoms with Gasteiger partial charge >= 0.3 is 0 Å². The lowest BCUT2D eigenvalue weighted by Crippen LogP contribution is -2.53. The van der Waals surface area contributed by atoms with E-state index >= 15 is 0 Å². The minimum absolute atomic E-state index is 0.0417. The van der Waals surface area contributed by atoms with E-state index in [4.69, 9.17) is 9.15 Å². The van der Waals surface area contributed by atoms with Gasteiger partial charge in [0.2, 0.25) is 11.8 Å². The first-order valence-electron chi connectivity index (χ1n) is 12.9. The van der Waals surface area contributed by atoms with Crippen molar-refractivity contribution in [3.8, 4) is 5.75 Å². The van der Waals surface area contributed by atoms with Crippen molar-refractivity contribution < 1.29 is 28.3 Å². The van der Waals surface area contributed by atoms with Gasteiger partial charge in [0.05, 0.1) is 18.5 Å². The number of hydrogen-bond acceptors (Lipinski definition) is 6. The first-order valence-corrected chi connectivity index (χ1v) is 12.9. The largest absolute Gasteiger partial charge is 0.496 e. The smallest absolute Gasteiger partial charge is 0.290 e. The average Bonchev–Trinajstić information content (AvgIpc) is 3.66. The molecule has 1 aromatic carbocycles. The van der Waals surface area contributed by atoms with Crippen molar-refractivity contribution in [1.82, 2.24) is 15.5 Å². The van der Waals surface area contributed by atoms with Crippen LogP contribution in [0, 0.1) is 17.8 Å². The molecule has 5 unspecified atom stereocenters. The Balaban J connectivity index is 1.39. The highest BCUT2D eigenvalue weighted by molar-refractivity contribution is 6.01. The zero-order valence-electron chi connectivity index (χ0n) is 20.7. The highest BCUT2D eigenvalue weighted by atomic mass is 16.5. The van der Waals surface area contributed by atoms with Crippen LogP contribution in [0.15, 0.2) is 28.7 Å². The van der Waals surface area contributed by atoms with Crippen LogP contribution >= 0.6 is 0 Å². The topological polar surface area (TPSA) is 118 Å². The Morgan fingerprint density at radius 2 is 2.08 bits per heavy atom. The second kappa shape index (κ2) is 9.95. The molecule has 3 heterocycles. The van der Waals surface area contributed by atoms with Gasteiger partial charge in [-0.2, -0.15) is 0 Å². The summed E-state index contributed by atoms with van der Waals surface area (Å²) in [6.45, 7) is 2.82. The zero-order chi connectivity index (χ0) is 25.4. The number of nitrogens with zero attached hydrogens (tertiary/aromatic N) is 1. The van der Waals surface area contributed by atoms with Gasteiger partial charge in [0.1, 0.15) is 17.4 Å². The van der Waals surface area contributed by atoms with Crippen LogP contribution in [0.1, 0.15) is 56.0 Å². The third kappa shape index (κ3) is 4.35. The Morgan fingerprint density at radius 3 is 2.81 bits per heavy atom. The van der Waals surface area contributed by atoms with Gasteiger partial charge in [0, 0.05) is 31.5 Å². The van der Waals surface area contributed by atoms with Crippen LogP contribution in [0.5, 0.6) is 5.75 Å². The van der Waals surface area contributed by atoms with Crippen molar-refractivity contribution in [2.45, 2.75) is 57.5 Å². The number of amides is 3. The maximum Gasteiger partial charge on any atom is 0.290 e. The van der Waals surface area contributed by atoms with Crippen LogP contribution in [-0.2, 0) is 14.4 Å². The molecule has 3 aliphatic rings. The number of nitrogens with one attached hydrogen (secondary N) is 2. The molecule has 2 N–H and O–H groups in total. The molecule has 1 saturated carbocycles. The Labute approximate surface area is 209 Å². The minimum Gasteiger partial charge on any atom is -0.496 e. The number of fused-ring (bicyclic) bond motifs is 2. The van der Waals surface area contributed by atoms with Gasteiger partial charge in [0.15, 0.2) is 11.5 Å². The Morgan fingerprint density at radius 1 is 1.25 bits per heavy atom. The Kier molecular flexibility index (Phi) is 6.73. The number of ether oxygens (including phenoxy) is 1. The lowest BCUT2D eigenvalue weighted by atomic mass is 9.91. The van der Waals surface area contributed by atoms with E-state index in [0.717, 1.165) is 19.3 Å². The van der Waals surface area contributed by atoms with Crippen LogP contribution in [0.3, 0.4) is 0 Å². The molecular formula is C27H33N3O6. The normalized spacial score (nSPS) is 26.1. The highest BCUT2D eigenvalue weighted by Gasteiger charge is 2.50. The molecule has 0 spiro atoms. The summed E-state index contributed by atoms with van der Waals surface area (Å²) in [6, 6.07) is 5.62. The number of carbonyl (C=O) groups excluding carboxylic acids is 4. The molecule has 5 rings (SSSR count). The van der Waals surface area contributed by atoms with Crippen LogP contribution < -0.4 is 15.4 Å². The summed E-state index contributed by atoms with van der Waals surface area (Å²) in [7, 11) is 1.56. The minimum atomic E-state index is -0.746. The third-order valence-corrected chi connectivity index (χ3v) is 8.11. The highest BCUT2D eigenvalue weighted by Crippen LogP contribution is 2.43. The van der Waals surface area contributed by atoms with E-state index in [1.54, 1.807) is 43.2 Å². The predicted octanol–water partition coefficient (Wildman–Crippen LogP) is 2.67. The van der Waals surface area contributed by atoms with E-state index in [0.29, 0.717) is 36.2 Å². The summed E-state index contributed by atoms with van der Waals surface area (Å²) in [5, 5.41) is 6.43. The molecule has 0 bridgehead atoms. The molecule has 1 aromatic heterocycles. The summed E-state index contributed by atoms with van der Waals surface area (Å²) in [6.07, 6.45) is 4.03. The van der Waals surface area contributed by atoms with Gasteiger partial charge in [0.25, 0.3) is 5.91 Å². The van der Waals surface area contributed by atoms with Gasteiger partial charge in [-0.3, -0.25) is 19.2 Å². The summed E-state index contributed by atoms with van der Waals surface area (Å²) in [5.41, 5.74) is 0.543. The Hall–Kier alpha value is -3.36. The van der Waals surface area contributed by atoms with Crippen molar-refractivity contribution in [3.05, 3.63) is 30.0 Å². The van der Waals surface area contributed by atoms with Crippen molar-refractivity contribution in [2.24, 2.45) is 17.8 Å². The van der Waals surface area contributed by atoms with E-state index < -0.39 is 12.1 Å². The summed E-state index contributed by atoms with van der Waals surface area (Å²) in [5.74, 6) is -0.0801. The van der Waals surface area contributed by atoms with Crippen LogP contribution in [0.25, 0.3) is 11.0 Å². The second-order valence-electron chi connectivity index (χ2n) is 10.1. The van der Waals surface area contributed by atoms with Crippen molar-refractivity contribution >= 4 is 34.5 Å². The van der Waals surface area contributed by atoms with Crippen molar-refractivity contribution in [1.29, 1.82) is 0 Å². The number of furan rings is 1. The fourth-order valence-electron chi connectivity index (χ4n) is 6.24. The molecule has 3 amide bonds. The van der Waals surface area contributed by atoms with Crippen molar-refractivity contribution in [2.75, 3.05) is 20.2 Å². The second-order valence-corrected chi connectivity index (χ2v) is 10.1. The Bertz CT molecular complexity index is 1190. The van der Waals surface area contributed by atoms with Gasteiger partial charge in [-0.05, 0) is 49.7 Å². The van der Waals surface area contributed by atoms with Gasteiger partial charge in [-0.25, -0.2) is 0 Å². The fourth-order valence-corrected chi connectivity index (χ4v) is 6.24. The first-order chi connectivity index (χ1) is 17.4. The molecule has 1 aliphatic carbocycles. The van der Waals surface area contributed by atoms with Gasteiger partial charge < -0.3 is 24.7 Å². The quantitative estimate of drug-likeness (QED) is 0.581. The number of carbonyl (C=O) groups is 4. The monoisotopic (exact) mass is 495 g/mol. The number of rotatable bonds is 8. The first kappa shape index (κ1) is 24.3. The van der Waals surface area contributed by atoms with E-state index in [1.165, 1.54) is 0 Å². The summed E-state index contributed by atoms with van der Waals surface area (Å²) in [4.78, 5) is 53.8. The molecule has 2 saturated heterocycles. The molecule has 9 heteroatoms. The van der Waals surface area contributed by atoms with E-state index in [2.05, 4.69) is 10.6 Å². The average molecular weight is 496 g/mol. The van der Waals surface area contributed by atoms with Gasteiger partial charge in [-0.15, -0.1) is 0 Å². The van der Waals surface area contributed by atoms with Gasteiger partial charge in [-0.1, -0.05) is 19.4 Å². The van der Waals surface area contributed by atoms with E-state index in [1.807, 2.05) is 0 Å². The molecule has 3 fully saturated rings. The molecule has 9 nitrogen and oxygen atoms in total. The molecule has 36 heavy (non-hydrogen) atoms. The number of likely N-dealkylation sites (tertiary alicyclic amines) is 1. The lowest BCUT2D eigenvalue weighted by molar-refractivity contribution is -0.132. The molecule has 0 radical (unpaired) electrons. The maximum absolute atomic E-state index is 13.7. The lowest BCUT2D eigenvalue weighted by Gasteiger charge is -2.29. The number of ketones is 1. The fraction of sp³-hybridized carbons (Fsp3) is 0.556. The van der Waals surface area contributed by atoms with Crippen LogP contribution in [0.4, 0.5) is 0 Å². The molecule has 192 valence electrons. The number of Topliss-reactive ketones (excluding diaryl/α,β-unsaturated/α-hetero) is 1. The molecule has 5 atom stereocenters. The zero-order valence-corrected chi connectivity index (χ0v) is 20.7. The summed E-state index contributed by atoms with van der Waals surface area (Å²) < 4.78 is 11.3. The SMILES string of the molecule is CCC(=O)C(CC1CCNC1=O)NC(=O)C1C2CCCC2CN1C(=O)c1cc2c(OC)cccc2o1. The van der Waals surface area contributed by atoms with Crippen LogP contribution in [0.2, 0.25) is 0 Å². The standard InChI is InChI=1S/C27H33N3O6/c1-3-20(31)19(12-15-10-11-28-25(15)32)29-26(33)24-17-7-4-6-16(17)14-30(24)27(34)23-13-18-21(35-2)8-5-9-22(18)36-23/h5,8-9,13,15-17,19,24H,3-4,6-7,10-12,14H2,1-2H3,(H,28,32)(H,29,33). The summed E-state index contributed by atoms with van der Waals surface area (Å²) >= 11 is 0. The maximum atomic E-state index is 13.7. The number of methoxy groups -OCH3 is 1. The number of benzene rings is 1. The molecule has 2 aliphatic heterocycles. The molecular weight excluding hydrogens is 462 g/mol. The van der Waals surface area contributed by atoms with E-state index in [9.17, 15) is 19.2 Å². The van der Waals surface area contributed by atoms with Crippen LogP contribution in [-0.4, -0.2) is 60.7 Å². The third-order valence-electron chi connectivity index (χ3n) is 8.11. The predicted molar refractivity (Wildman–Crippen MR) is 131 cm³/mol. The molecule has 2 aromatic rings. The number of hydrogen-bond donors (Lipinski definition) is 2. The van der Waals surface area contributed by atoms with E-state index in [-0.39, 0.29) is 59.9 Å².